The number of nitrogens with zero attached hydrogens (tertiary/aromatic N) is 3. The summed E-state index contributed by atoms with van der Waals surface area (Å²) in [6.45, 7) is -0.318. The van der Waals surface area contributed by atoms with E-state index in [9.17, 15) is 14.4 Å². The monoisotopic (exact) mass is 400 g/mol. The zero-order chi connectivity index (χ0) is 20.0. The molecule has 2 aromatic carbocycles. The van der Waals surface area contributed by atoms with Crippen molar-refractivity contribution in [2.24, 2.45) is 14.1 Å². The van der Waals surface area contributed by atoms with Crippen LogP contribution in [0.25, 0.3) is 11.0 Å². The number of carbonyl (C=O) groups excluding carboxylic acids is 2. The Bertz CT molecular complexity index is 1180. The molecule has 1 N–H and O–H groups in total. The zero-order valence-corrected chi connectivity index (χ0v) is 16.0. The van der Waals surface area contributed by atoms with Crippen molar-refractivity contribution in [3.63, 3.8) is 0 Å². The van der Waals surface area contributed by atoms with Gasteiger partial charge in [0, 0.05) is 24.8 Å². The number of rotatable bonds is 3. The molecule has 144 valence electrons. The molecule has 0 aliphatic carbocycles. The van der Waals surface area contributed by atoms with Crippen molar-refractivity contribution in [1.29, 1.82) is 0 Å². The summed E-state index contributed by atoms with van der Waals surface area (Å²) < 4.78 is 8.42. The largest absolute Gasteiger partial charge is 0.482 e. The van der Waals surface area contributed by atoms with Gasteiger partial charge in [-0.1, -0.05) is 11.6 Å². The summed E-state index contributed by atoms with van der Waals surface area (Å²) in [5.74, 6) is -0.204. The first-order chi connectivity index (χ1) is 13.3. The molecular weight excluding hydrogens is 384 g/mol. The number of fused-ring (bicyclic) bond motifs is 2. The van der Waals surface area contributed by atoms with E-state index < -0.39 is 0 Å². The number of nitrogens with one attached hydrogen (secondary N) is 1. The maximum absolute atomic E-state index is 12.6. The molecule has 4 rings (SSSR count). The fourth-order valence-electron chi connectivity index (χ4n) is 3.28. The summed E-state index contributed by atoms with van der Waals surface area (Å²) in [7, 11) is 3.36. The second kappa shape index (κ2) is 6.72. The lowest BCUT2D eigenvalue weighted by Crippen LogP contribution is -2.43. The lowest BCUT2D eigenvalue weighted by Gasteiger charge is -2.29. The molecule has 0 spiro atoms. The summed E-state index contributed by atoms with van der Waals surface area (Å²) in [6, 6.07) is 10.1. The van der Waals surface area contributed by atoms with Crippen LogP contribution >= 0.6 is 11.6 Å². The number of halogens is 1. The van der Waals surface area contributed by atoms with Gasteiger partial charge >= 0.3 is 5.69 Å². The Balaban J connectivity index is 1.58. The van der Waals surface area contributed by atoms with Crippen LogP contribution in [-0.2, 0) is 23.7 Å². The summed E-state index contributed by atoms with van der Waals surface area (Å²) >= 11 is 6.02. The third-order valence-electron chi connectivity index (χ3n) is 4.72. The Morgan fingerprint density at radius 3 is 2.64 bits per heavy atom. The second-order valence-corrected chi connectivity index (χ2v) is 6.97. The van der Waals surface area contributed by atoms with Crippen LogP contribution in [0.4, 0.5) is 11.4 Å². The molecule has 9 heteroatoms. The normalized spacial score (nSPS) is 13.4. The molecule has 3 aromatic rings. The minimum atomic E-state index is -0.374. The van der Waals surface area contributed by atoms with Crippen molar-refractivity contribution in [3.05, 3.63) is 51.9 Å². The highest BCUT2D eigenvalue weighted by Crippen LogP contribution is 2.34. The first kappa shape index (κ1) is 18.1. The second-order valence-electron chi connectivity index (χ2n) is 6.53. The highest BCUT2D eigenvalue weighted by molar-refractivity contribution is 6.31. The molecular formula is C19H17ClN4O4. The van der Waals surface area contributed by atoms with E-state index in [1.54, 1.807) is 50.5 Å². The van der Waals surface area contributed by atoms with Gasteiger partial charge in [-0.05, 0) is 36.4 Å². The summed E-state index contributed by atoms with van der Waals surface area (Å²) in [6.07, 6.45) is 0. The number of anilines is 2. The standard InChI is InChI=1S/C19H17ClN4O4/c1-22-13-5-4-12(8-14(13)23(2)19(22)27)21-17(25)9-24-15-7-11(20)3-6-16(15)28-10-18(24)26/h3-8H,9-10H2,1-2H3,(H,21,25). The maximum Gasteiger partial charge on any atom is 0.328 e. The lowest BCUT2D eigenvalue weighted by molar-refractivity contribution is -0.123. The fourth-order valence-corrected chi connectivity index (χ4v) is 3.44. The molecule has 28 heavy (non-hydrogen) atoms. The number of imidazole rings is 1. The smallest absolute Gasteiger partial charge is 0.328 e. The van der Waals surface area contributed by atoms with Crippen molar-refractivity contribution < 1.29 is 14.3 Å². The molecule has 2 heterocycles. The van der Waals surface area contributed by atoms with E-state index in [1.165, 1.54) is 14.0 Å². The van der Waals surface area contributed by atoms with Crippen molar-refractivity contribution in [3.8, 4) is 5.75 Å². The third kappa shape index (κ3) is 3.01. The summed E-state index contributed by atoms with van der Waals surface area (Å²) in [5, 5.41) is 3.21. The molecule has 1 aliphatic rings. The first-order valence-electron chi connectivity index (χ1n) is 8.53. The van der Waals surface area contributed by atoms with Crippen LogP contribution in [0.2, 0.25) is 5.02 Å². The van der Waals surface area contributed by atoms with Gasteiger partial charge in [0.2, 0.25) is 5.91 Å². The quantitative estimate of drug-likeness (QED) is 0.727. The number of aryl methyl sites for hydroxylation is 2. The van der Waals surface area contributed by atoms with E-state index in [-0.39, 0.29) is 30.7 Å². The molecule has 0 unspecified atom stereocenters. The average molecular weight is 401 g/mol. The van der Waals surface area contributed by atoms with E-state index in [0.717, 1.165) is 5.52 Å². The van der Waals surface area contributed by atoms with Gasteiger partial charge in [-0.2, -0.15) is 0 Å². The number of hydrogen-bond donors (Lipinski definition) is 1. The molecule has 1 aromatic heterocycles. The number of aromatic nitrogens is 2. The van der Waals surface area contributed by atoms with E-state index in [2.05, 4.69) is 5.32 Å². The zero-order valence-electron chi connectivity index (χ0n) is 15.2. The molecule has 0 radical (unpaired) electrons. The van der Waals surface area contributed by atoms with Crippen molar-refractivity contribution >= 4 is 45.8 Å². The number of carbonyl (C=O) groups is 2. The summed E-state index contributed by atoms with van der Waals surface area (Å²) in [5.41, 5.74) is 2.30. The number of ether oxygens (including phenoxy) is 1. The Labute approximate surface area is 164 Å². The summed E-state index contributed by atoms with van der Waals surface area (Å²) in [4.78, 5) is 38.2. The fraction of sp³-hybridized carbons (Fsp3) is 0.211. The van der Waals surface area contributed by atoms with E-state index >= 15 is 0 Å². The molecule has 0 fully saturated rings. The predicted molar refractivity (Wildman–Crippen MR) is 106 cm³/mol. The lowest BCUT2D eigenvalue weighted by atomic mass is 10.2. The molecule has 8 nitrogen and oxygen atoms in total. The van der Waals surface area contributed by atoms with Gasteiger partial charge in [0.1, 0.15) is 12.3 Å². The number of amides is 2. The Morgan fingerprint density at radius 1 is 1.11 bits per heavy atom. The Morgan fingerprint density at radius 2 is 1.86 bits per heavy atom. The molecule has 2 amide bonds. The Kier molecular flexibility index (Phi) is 4.35. The highest BCUT2D eigenvalue weighted by Gasteiger charge is 2.27. The first-order valence-corrected chi connectivity index (χ1v) is 8.91. The van der Waals surface area contributed by atoms with Crippen LogP contribution < -0.4 is 20.6 Å². The molecule has 0 saturated heterocycles. The van der Waals surface area contributed by atoms with Gasteiger partial charge in [-0.15, -0.1) is 0 Å². The SMILES string of the molecule is Cn1c(=O)n(C)c2cc(NC(=O)CN3C(=O)COc4ccc(Cl)cc43)ccc21. The van der Waals surface area contributed by atoms with Gasteiger partial charge in [0.05, 0.1) is 16.7 Å². The van der Waals surface area contributed by atoms with E-state index in [4.69, 9.17) is 16.3 Å². The van der Waals surface area contributed by atoms with Crippen LogP contribution in [0.5, 0.6) is 5.75 Å². The average Bonchev–Trinajstić information content (AvgIpc) is 2.88. The molecule has 0 bridgehead atoms. The van der Waals surface area contributed by atoms with Crippen LogP contribution in [0.15, 0.2) is 41.2 Å². The maximum atomic E-state index is 12.6. The molecule has 0 atom stereocenters. The number of hydrogen-bond acceptors (Lipinski definition) is 4. The van der Waals surface area contributed by atoms with Gasteiger partial charge in [-0.25, -0.2) is 4.79 Å². The minimum absolute atomic E-state index is 0.139. The van der Waals surface area contributed by atoms with Crippen molar-refractivity contribution in [1.82, 2.24) is 9.13 Å². The highest BCUT2D eigenvalue weighted by atomic mass is 35.5. The third-order valence-corrected chi connectivity index (χ3v) is 4.96. The van der Waals surface area contributed by atoms with Gasteiger partial charge in [0.15, 0.2) is 6.61 Å². The van der Waals surface area contributed by atoms with E-state index in [1.807, 2.05) is 0 Å². The van der Waals surface area contributed by atoms with Crippen LogP contribution in [0, 0.1) is 0 Å². The number of benzene rings is 2. The predicted octanol–water partition coefficient (Wildman–Crippen LogP) is 1.89. The van der Waals surface area contributed by atoms with Gasteiger partial charge in [-0.3, -0.25) is 23.6 Å². The molecule has 1 aliphatic heterocycles. The van der Waals surface area contributed by atoms with Crippen molar-refractivity contribution in [2.75, 3.05) is 23.4 Å². The van der Waals surface area contributed by atoms with Crippen LogP contribution in [-0.4, -0.2) is 34.1 Å². The van der Waals surface area contributed by atoms with E-state index in [0.29, 0.717) is 27.7 Å². The minimum Gasteiger partial charge on any atom is -0.482 e. The van der Waals surface area contributed by atoms with Crippen molar-refractivity contribution in [2.45, 2.75) is 0 Å². The van der Waals surface area contributed by atoms with Gasteiger partial charge < -0.3 is 10.1 Å². The van der Waals surface area contributed by atoms with Crippen LogP contribution in [0.1, 0.15) is 0 Å². The van der Waals surface area contributed by atoms with Gasteiger partial charge in [0.25, 0.3) is 5.91 Å². The van der Waals surface area contributed by atoms with Crippen LogP contribution in [0.3, 0.4) is 0 Å². The topological polar surface area (TPSA) is 85.6 Å². The Hall–Kier alpha value is -3.26. The molecule has 0 saturated carbocycles.